The van der Waals surface area contributed by atoms with Gasteiger partial charge in [0.05, 0.1) is 5.56 Å². The molecule has 7 heteroatoms. The first-order valence-electron chi connectivity index (χ1n) is 13.0. The lowest BCUT2D eigenvalue weighted by Crippen LogP contribution is -2.25. The summed E-state index contributed by atoms with van der Waals surface area (Å²) < 4.78 is 70.6. The molecule has 0 aromatic heterocycles. The van der Waals surface area contributed by atoms with Crippen molar-refractivity contribution in [3.63, 3.8) is 0 Å². The fraction of sp³-hybridized carbons (Fsp3) is 0.552. The Balaban J connectivity index is 1.31. The van der Waals surface area contributed by atoms with Gasteiger partial charge in [0.15, 0.2) is 0 Å². The van der Waals surface area contributed by atoms with Crippen LogP contribution in [0, 0.1) is 29.4 Å². The minimum atomic E-state index is -5.18. The molecule has 0 saturated heterocycles. The van der Waals surface area contributed by atoms with Crippen molar-refractivity contribution in [2.45, 2.75) is 83.2 Å². The quantitative estimate of drug-likeness (QED) is 0.221. The van der Waals surface area contributed by atoms with Crippen molar-refractivity contribution in [2.24, 2.45) is 17.8 Å². The normalized spacial score (nSPS) is 24.9. The number of hydrogen-bond acceptors (Lipinski definition) is 2. The maximum absolute atomic E-state index is 13.8. The van der Waals surface area contributed by atoms with Crippen molar-refractivity contribution in [3.05, 3.63) is 64.7 Å². The van der Waals surface area contributed by atoms with E-state index in [2.05, 4.69) is 6.92 Å². The van der Waals surface area contributed by atoms with Crippen LogP contribution < -0.4 is 4.74 Å². The molecule has 4 rings (SSSR count). The van der Waals surface area contributed by atoms with Crippen molar-refractivity contribution in [3.8, 4) is 5.75 Å². The number of hydrogen-bond donors (Lipinski definition) is 0. The maximum Gasteiger partial charge on any atom is 0.422 e. The number of alkyl halides is 3. The fourth-order valence-electron chi connectivity index (χ4n) is 6.22. The second-order valence-corrected chi connectivity index (χ2v) is 10.5. The Bertz CT molecular complexity index is 1010. The number of benzene rings is 2. The molecule has 2 aliphatic carbocycles. The van der Waals surface area contributed by atoms with Crippen LogP contribution in [-0.2, 0) is 6.18 Å². The Morgan fingerprint density at radius 3 is 1.89 bits per heavy atom. The minimum Gasteiger partial charge on any atom is -0.423 e. The van der Waals surface area contributed by atoms with Gasteiger partial charge >= 0.3 is 12.1 Å². The summed E-state index contributed by atoms with van der Waals surface area (Å²) in [5, 5.41) is 0. The number of ether oxygens (including phenoxy) is 1. The van der Waals surface area contributed by atoms with Gasteiger partial charge in [-0.3, -0.25) is 0 Å². The lowest BCUT2D eigenvalue weighted by atomic mass is 9.68. The molecule has 0 bridgehead atoms. The molecule has 0 heterocycles. The molecule has 0 unspecified atom stereocenters. The van der Waals surface area contributed by atoms with Crippen LogP contribution in [0.3, 0.4) is 0 Å². The average molecular weight is 509 g/mol. The first-order chi connectivity index (χ1) is 17.2. The SMILES string of the molecule is CCCC1CCC(C2CCC(c3ccc(C(=O)Oc4cc(F)c(C(F)(F)F)c(F)c4)cc3)CC2)CC1. The molecule has 2 aliphatic rings. The van der Waals surface area contributed by atoms with Crippen molar-refractivity contribution in [1.29, 1.82) is 0 Å². The van der Waals surface area contributed by atoms with E-state index in [1.807, 2.05) is 12.1 Å². The van der Waals surface area contributed by atoms with Gasteiger partial charge in [-0.1, -0.05) is 44.7 Å². The van der Waals surface area contributed by atoms with Crippen LogP contribution in [0.15, 0.2) is 36.4 Å². The number of rotatable bonds is 6. The van der Waals surface area contributed by atoms with E-state index in [0.29, 0.717) is 18.1 Å². The molecule has 2 nitrogen and oxygen atoms in total. The fourth-order valence-corrected chi connectivity index (χ4v) is 6.22. The number of carbonyl (C=O) groups excluding carboxylic acids is 1. The van der Waals surface area contributed by atoms with Gasteiger partial charge in [-0.15, -0.1) is 0 Å². The summed E-state index contributed by atoms with van der Waals surface area (Å²) in [6.45, 7) is 2.27. The minimum absolute atomic E-state index is 0.164. The maximum atomic E-state index is 13.8. The second kappa shape index (κ2) is 11.3. The highest BCUT2D eigenvalue weighted by Gasteiger charge is 2.38. The Labute approximate surface area is 209 Å². The molecular weight excluding hydrogens is 475 g/mol. The highest BCUT2D eigenvalue weighted by Crippen LogP contribution is 2.44. The molecule has 2 aromatic carbocycles. The van der Waals surface area contributed by atoms with E-state index in [1.165, 1.54) is 51.4 Å². The summed E-state index contributed by atoms with van der Waals surface area (Å²) in [4.78, 5) is 12.4. The van der Waals surface area contributed by atoms with Crippen molar-refractivity contribution in [1.82, 2.24) is 0 Å². The molecule has 0 spiro atoms. The molecular formula is C29H33F5O2. The van der Waals surface area contributed by atoms with Crippen LogP contribution in [-0.4, -0.2) is 5.97 Å². The van der Waals surface area contributed by atoms with E-state index < -0.39 is 35.1 Å². The van der Waals surface area contributed by atoms with E-state index in [-0.39, 0.29) is 5.56 Å². The van der Waals surface area contributed by atoms with Gasteiger partial charge < -0.3 is 4.74 Å². The van der Waals surface area contributed by atoms with Gasteiger partial charge in [0, 0.05) is 12.1 Å². The van der Waals surface area contributed by atoms with E-state index in [0.717, 1.165) is 36.2 Å². The van der Waals surface area contributed by atoms with E-state index in [9.17, 15) is 26.7 Å². The molecule has 0 aliphatic heterocycles. The lowest BCUT2D eigenvalue weighted by Gasteiger charge is -2.38. The van der Waals surface area contributed by atoms with Gasteiger partial charge in [0.2, 0.25) is 0 Å². The van der Waals surface area contributed by atoms with Gasteiger partial charge in [0.25, 0.3) is 0 Å². The molecule has 36 heavy (non-hydrogen) atoms. The zero-order chi connectivity index (χ0) is 25.9. The predicted molar refractivity (Wildman–Crippen MR) is 128 cm³/mol. The summed E-state index contributed by atoms with van der Waals surface area (Å²) in [6.07, 6.45) is 7.63. The molecule has 2 fully saturated rings. The summed E-state index contributed by atoms with van der Waals surface area (Å²) >= 11 is 0. The molecule has 2 saturated carbocycles. The van der Waals surface area contributed by atoms with E-state index in [4.69, 9.17) is 4.74 Å². The van der Waals surface area contributed by atoms with Gasteiger partial charge in [-0.2, -0.15) is 13.2 Å². The topological polar surface area (TPSA) is 26.3 Å². The van der Waals surface area contributed by atoms with Crippen LogP contribution in [0.4, 0.5) is 22.0 Å². The first-order valence-corrected chi connectivity index (χ1v) is 13.0. The molecule has 0 N–H and O–H groups in total. The first kappa shape index (κ1) is 26.6. The molecule has 0 amide bonds. The molecule has 0 radical (unpaired) electrons. The van der Waals surface area contributed by atoms with E-state index >= 15 is 0 Å². The van der Waals surface area contributed by atoms with Crippen LogP contribution in [0.2, 0.25) is 0 Å². The van der Waals surface area contributed by atoms with Crippen molar-refractivity contribution < 1.29 is 31.5 Å². The van der Waals surface area contributed by atoms with Crippen LogP contribution in [0.25, 0.3) is 0 Å². The van der Waals surface area contributed by atoms with Gasteiger partial charge in [0.1, 0.15) is 22.9 Å². The van der Waals surface area contributed by atoms with Crippen LogP contribution >= 0.6 is 0 Å². The average Bonchev–Trinajstić information content (AvgIpc) is 2.84. The van der Waals surface area contributed by atoms with Crippen molar-refractivity contribution in [2.75, 3.05) is 0 Å². The van der Waals surface area contributed by atoms with Crippen molar-refractivity contribution >= 4 is 5.97 Å². The third-order valence-electron chi connectivity index (χ3n) is 8.15. The molecule has 2 aromatic rings. The summed E-state index contributed by atoms with van der Waals surface area (Å²) in [6, 6.07) is 7.65. The third-order valence-corrected chi connectivity index (χ3v) is 8.15. The van der Waals surface area contributed by atoms with Gasteiger partial charge in [-0.05, 0) is 79.9 Å². The van der Waals surface area contributed by atoms with E-state index in [1.54, 1.807) is 12.1 Å². The third kappa shape index (κ3) is 6.27. The second-order valence-electron chi connectivity index (χ2n) is 10.5. The Kier molecular flexibility index (Phi) is 8.36. The summed E-state index contributed by atoms with van der Waals surface area (Å²) in [7, 11) is 0. The Morgan fingerprint density at radius 1 is 0.861 bits per heavy atom. The van der Waals surface area contributed by atoms with Crippen LogP contribution in [0.5, 0.6) is 5.75 Å². The number of esters is 1. The highest BCUT2D eigenvalue weighted by atomic mass is 19.4. The largest absolute Gasteiger partial charge is 0.423 e. The summed E-state index contributed by atoms with van der Waals surface area (Å²) in [5.41, 5.74) is -0.703. The zero-order valence-corrected chi connectivity index (χ0v) is 20.6. The monoisotopic (exact) mass is 508 g/mol. The lowest BCUT2D eigenvalue weighted by molar-refractivity contribution is -0.142. The smallest absolute Gasteiger partial charge is 0.422 e. The zero-order valence-electron chi connectivity index (χ0n) is 20.6. The van der Waals surface area contributed by atoms with Crippen LogP contribution in [0.1, 0.15) is 98.5 Å². The summed E-state index contributed by atoms with van der Waals surface area (Å²) in [5.74, 6) is -2.14. The number of halogens is 5. The standard InChI is InChI=1S/C29H33F5O2/c1-2-3-18-4-6-19(7-5-18)20-8-10-21(11-9-20)22-12-14-23(15-13-22)28(35)36-24-16-25(30)27(26(31)17-24)29(32,33)34/h12-21H,2-11H2,1H3. The predicted octanol–water partition coefficient (Wildman–Crippen LogP) is 9.08. The Hall–Kier alpha value is -2.44. The molecule has 0 atom stereocenters. The number of carbonyl (C=O) groups is 1. The highest BCUT2D eigenvalue weighted by molar-refractivity contribution is 5.91. The van der Waals surface area contributed by atoms with Gasteiger partial charge in [-0.25, -0.2) is 13.6 Å². The molecule has 196 valence electrons. The Morgan fingerprint density at radius 2 is 1.39 bits per heavy atom.